The van der Waals surface area contributed by atoms with Gasteiger partial charge in [-0.2, -0.15) is 16.8 Å². The fourth-order valence-electron chi connectivity index (χ4n) is 4.76. The molecule has 4 aromatic rings. The highest BCUT2D eigenvalue weighted by molar-refractivity contribution is 7.86. The van der Waals surface area contributed by atoms with E-state index < -0.39 is 35.7 Å². The molecule has 0 N–H and O–H groups in total. The number of carbonyl (C=O) groups excluding carboxylic acids is 1. The molecule has 5 rings (SSSR count). The van der Waals surface area contributed by atoms with E-state index in [2.05, 4.69) is 0 Å². The predicted molar refractivity (Wildman–Crippen MR) is 126 cm³/mol. The van der Waals surface area contributed by atoms with E-state index in [1.165, 1.54) is 24.3 Å². The largest absolute Gasteiger partial charge is 0.332 e. The standard InChI is InChI=1S/C26H16F2O5S2/c27-34(30,31)19-13-9-17(10-14-19)26(18-11-15-20(16-12-18)35(28,32)33)24-8-4-3-6-22(24)21-5-1-2-7-23(21)25(26)29/h1-16H. The summed E-state index contributed by atoms with van der Waals surface area (Å²) in [4.78, 5) is 13.2. The van der Waals surface area contributed by atoms with Crippen LogP contribution < -0.4 is 0 Å². The Morgan fingerprint density at radius 2 is 0.914 bits per heavy atom. The van der Waals surface area contributed by atoms with E-state index in [-0.39, 0.29) is 5.78 Å². The zero-order valence-corrected chi connectivity index (χ0v) is 19.5. The molecule has 0 bridgehead atoms. The first-order chi connectivity index (χ1) is 16.5. The second-order valence-electron chi connectivity index (χ2n) is 8.09. The number of ketones is 1. The number of halogens is 2. The number of rotatable bonds is 4. The second-order valence-corrected chi connectivity index (χ2v) is 10.8. The highest BCUT2D eigenvalue weighted by Crippen LogP contribution is 2.50. The van der Waals surface area contributed by atoms with Gasteiger partial charge in [-0.25, -0.2) is 0 Å². The average molecular weight is 511 g/mol. The summed E-state index contributed by atoms with van der Waals surface area (Å²) in [6.45, 7) is 0. The van der Waals surface area contributed by atoms with Crippen molar-refractivity contribution in [1.82, 2.24) is 0 Å². The van der Waals surface area contributed by atoms with Gasteiger partial charge in [-0.1, -0.05) is 72.8 Å². The van der Waals surface area contributed by atoms with Gasteiger partial charge >= 0.3 is 20.4 Å². The van der Waals surface area contributed by atoms with Crippen molar-refractivity contribution in [2.75, 3.05) is 0 Å². The summed E-state index contributed by atoms with van der Waals surface area (Å²) in [5.41, 5.74) is 1.55. The highest BCUT2D eigenvalue weighted by atomic mass is 32.3. The van der Waals surface area contributed by atoms with Crippen LogP contribution in [0.25, 0.3) is 11.1 Å². The van der Waals surface area contributed by atoms with Gasteiger partial charge in [0.2, 0.25) is 0 Å². The van der Waals surface area contributed by atoms with E-state index >= 15 is 0 Å². The van der Waals surface area contributed by atoms with Crippen molar-refractivity contribution < 1.29 is 29.4 Å². The third kappa shape index (κ3) is 3.59. The monoisotopic (exact) mass is 510 g/mol. The van der Waals surface area contributed by atoms with Crippen molar-refractivity contribution in [2.24, 2.45) is 0 Å². The lowest BCUT2D eigenvalue weighted by Crippen LogP contribution is -2.41. The normalized spacial score (nSPS) is 14.7. The van der Waals surface area contributed by atoms with Crippen LogP contribution in [0.15, 0.2) is 107 Å². The molecule has 0 spiro atoms. The first kappa shape index (κ1) is 23.1. The summed E-state index contributed by atoms with van der Waals surface area (Å²) < 4.78 is 72.8. The van der Waals surface area contributed by atoms with Gasteiger partial charge in [-0.3, -0.25) is 4.79 Å². The molecule has 4 aromatic carbocycles. The summed E-state index contributed by atoms with van der Waals surface area (Å²) >= 11 is 0. The van der Waals surface area contributed by atoms with E-state index in [9.17, 15) is 29.4 Å². The molecule has 0 amide bonds. The van der Waals surface area contributed by atoms with Crippen molar-refractivity contribution in [3.8, 4) is 11.1 Å². The van der Waals surface area contributed by atoms with Crippen LogP contribution in [0, 0.1) is 0 Å². The van der Waals surface area contributed by atoms with E-state index in [0.29, 0.717) is 27.8 Å². The van der Waals surface area contributed by atoms with Crippen LogP contribution in [0.5, 0.6) is 0 Å². The van der Waals surface area contributed by atoms with Crippen LogP contribution in [0.2, 0.25) is 0 Å². The second kappa shape index (κ2) is 7.93. The fourth-order valence-corrected chi connectivity index (χ4v) is 5.68. The third-order valence-electron chi connectivity index (χ3n) is 6.27. The molecule has 1 aliphatic carbocycles. The Bertz CT molecular complexity index is 1620. The molecular formula is C26H16F2O5S2. The minimum Gasteiger partial charge on any atom is -0.292 e. The maximum absolute atomic E-state index is 14.3. The van der Waals surface area contributed by atoms with Gasteiger partial charge < -0.3 is 0 Å². The van der Waals surface area contributed by atoms with Gasteiger partial charge in [0, 0.05) is 5.56 Å². The lowest BCUT2D eigenvalue weighted by molar-refractivity contribution is 0.0933. The van der Waals surface area contributed by atoms with Gasteiger partial charge in [0.05, 0.1) is 9.79 Å². The smallest absolute Gasteiger partial charge is 0.292 e. The molecule has 35 heavy (non-hydrogen) atoms. The Kier molecular flexibility index (Phi) is 5.23. The van der Waals surface area contributed by atoms with Crippen molar-refractivity contribution >= 4 is 26.2 Å². The Balaban J connectivity index is 1.88. The topological polar surface area (TPSA) is 85.3 Å². The van der Waals surface area contributed by atoms with Crippen LogP contribution in [-0.2, 0) is 25.9 Å². The first-order valence-electron chi connectivity index (χ1n) is 10.4. The van der Waals surface area contributed by atoms with Crippen molar-refractivity contribution in [3.05, 3.63) is 119 Å². The summed E-state index contributed by atoms with van der Waals surface area (Å²) in [7, 11) is -9.95. The summed E-state index contributed by atoms with van der Waals surface area (Å²) in [6.07, 6.45) is 0. The SMILES string of the molecule is O=C1c2ccccc2-c2ccccc2C1(c1ccc(S(=O)(=O)F)cc1)c1ccc(S(=O)(=O)F)cc1. The highest BCUT2D eigenvalue weighted by Gasteiger charge is 2.49. The van der Waals surface area contributed by atoms with Crippen molar-refractivity contribution in [1.29, 1.82) is 0 Å². The predicted octanol–water partition coefficient (Wildman–Crippen LogP) is 5.20. The molecular weight excluding hydrogens is 494 g/mol. The average Bonchev–Trinajstić information content (AvgIpc) is 2.84. The Morgan fingerprint density at radius 3 is 1.37 bits per heavy atom. The molecule has 0 saturated heterocycles. The number of carbonyl (C=O) groups is 1. The molecule has 0 atom stereocenters. The quantitative estimate of drug-likeness (QED) is 0.352. The van der Waals surface area contributed by atoms with Gasteiger partial charge in [0.15, 0.2) is 5.78 Å². The number of Topliss-reactive ketones (excluding diaryl/α,β-unsaturated/α-hetero) is 1. The van der Waals surface area contributed by atoms with E-state index in [0.717, 1.165) is 29.8 Å². The molecule has 0 aliphatic heterocycles. The van der Waals surface area contributed by atoms with E-state index in [1.807, 2.05) is 18.2 Å². The van der Waals surface area contributed by atoms with E-state index in [1.54, 1.807) is 30.3 Å². The molecule has 0 saturated carbocycles. The molecule has 0 unspecified atom stereocenters. The van der Waals surface area contributed by atoms with Crippen LogP contribution in [0.4, 0.5) is 7.77 Å². The van der Waals surface area contributed by atoms with Crippen LogP contribution in [0.1, 0.15) is 27.0 Å². The lowest BCUT2D eigenvalue weighted by Gasteiger charge is -2.39. The summed E-state index contributed by atoms with van der Waals surface area (Å²) in [6, 6.07) is 23.9. The Labute approximate surface area is 201 Å². The van der Waals surface area contributed by atoms with Gasteiger partial charge in [-0.15, -0.1) is 7.77 Å². The molecule has 9 heteroatoms. The number of benzene rings is 4. The fraction of sp³-hybridized carbons (Fsp3) is 0.0385. The molecule has 0 aromatic heterocycles. The van der Waals surface area contributed by atoms with Crippen molar-refractivity contribution in [3.63, 3.8) is 0 Å². The molecule has 1 aliphatic rings. The summed E-state index contributed by atoms with van der Waals surface area (Å²) in [5.74, 6) is -0.349. The minimum absolute atomic E-state index is 0.340. The Hall–Kier alpha value is -3.69. The van der Waals surface area contributed by atoms with Crippen LogP contribution in [0.3, 0.4) is 0 Å². The molecule has 0 fully saturated rings. The Morgan fingerprint density at radius 1 is 0.514 bits per heavy atom. The van der Waals surface area contributed by atoms with Gasteiger partial charge in [0.1, 0.15) is 5.41 Å². The third-order valence-corrected chi connectivity index (χ3v) is 7.94. The van der Waals surface area contributed by atoms with Gasteiger partial charge in [0.25, 0.3) is 0 Å². The number of hydrogen-bond acceptors (Lipinski definition) is 5. The zero-order chi connectivity index (χ0) is 25.0. The van der Waals surface area contributed by atoms with Crippen LogP contribution in [-0.4, -0.2) is 22.6 Å². The zero-order valence-electron chi connectivity index (χ0n) is 17.9. The number of hydrogen-bond donors (Lipinski definition) is 0. The minimum atomic E-state index is -4.97. The first-order valence-corrected chi connectivity index (χ1v) is 13.2. The van der Waals surface area contributed by atoms with Crippen molar-refractivity contribution in [2.45, 2.75) is 15.2 Å². The molecule has 5 nitrogen and oxygen atoms in total. The summed E-state index contributed by atoms with van der Waals surface area (Å²) in [5, 5.41) is 0. The lowest BCUT2D eigenvalue weighted by atomic mass is 9.60. The molecule has 0 heterocycles. The molecule has 0 radical (unpaired) electrons. The maximum atomic E-state index is 14.3. The maximum Gasteiger partial charge on any atom is 0.332 e. The number of fused-ring (bicyclic) bond motifs is 3. The molecule has 176 valence electrons. The van der Waals surface area contributed by atoms with Crippen LogP contribution >= 0.6 is 0 Å². The van der Waals surface area contributed by atoms with E-state index in [4.69, 9.17) is 0 Å². The van der Waals surface area contributed by atoms with Gasteiger partial charge in [-0.05, 0) is 52.1 Å².